The van der Waals surface area contributed by atoms with Gasteiger partial charge in [0.2, 0.25) is 0 Å². The minimum absolute atomic E-state index is 0.182. The van der Waals surface area contributed by atoms with Gasteiger partial charge in [-0.25, -0.2) is 0 Å². The lowest BCUT2D eigenvalue weighted by atomic mass is 10.1. The Morgan fingerprint density at radius 1 is 1.43 bits per heavy atom. The van der Waals surface area contributed by atoms with Gasteiger partial charge in [-0.1, -0.05) is 42.3 Å². The standard InChI is InChI=1S/C12H12NO/c1-3-9-14-13-10-12-8-6-5-7-11(12)4-2/h1,5-8H,4,9H2,2H3. The maximum atomic E-state index is 5.00. The Morgan fingerprint density at radius 3 is 2.93 bits per heavy atom. The second kappa shape index (κ2) is 5.82. The van der Waals surface area contributed by atoms with Crippen LogP contribution in [0.15, 0.2) is 29.4 Å². The SMILES string of the molecule is C#CCON=[C]c1ccccc1CC. The normalized spacial score (nSPS) is 10.0. The van der Waals surface area contributed by atoms with Gasteiger partial charge in [-0.15, -0.1) is 6.42 Å². The molecule has 0 N–H and O–H groups in total. The summed E-state index contributed by atoms with van der Waals surface area (Å²) in [5.41, 5.74) is 2.15. The molecule has 1 rings (SSSR count). The molecule has 0 atom stereocenters. The predicted octanol–water partition coefficient (Wildman–Crippen LogP) is 2.11. The molecule has 0 unspecified atom stereocenters. The van der Waals surface area contributed by atoms with Gasteiger partial charge in [0.1, 0.15) is 6.21 Å². The highest BCUT2D eigenvalue weighted by Crippen LogP contribution is 2.06. The second-order valence-corrected chi connectivity index (χ2v) is 2.69. The number of aryl methyl sites for hydroxylation is 1. The third-order valence-electron chi connectivity index (χ3n) is 1.78. The molecular weight excluding hydrogens is 174 g/mol. The maximum Gasteiger partial charge on any atom is 0.177 e. The lowest BCUT2D eigenvalue weighted by Crippen LogP contribution is -1.91. The zero-order valence-corrected chi connectivity index (χ0v) is 8.16. The molecule has 0 aliphatic carbocycles. The van der Waals surface area contributed by atoms with Gasteiger partial charge in [0.05, 0.1) is 0 Å². The van der Waals surface area contributed by atoms with Gasteiger partial charge in [-0.05, 0) is 12.0 Å². The van der Waals surface area contributed by atoms with E-state index in [-0.39, 0.29) is 6.61 Å². The molecule has 1 radical (unpaired) electrons. The van der Waals surface area contributed by atoms with Crippen LogP contribution in [-0.2, 0) is 11.3 Å². The Morgan fingerprint density at radius 2 is 2.21 bits per heavy atom. The molecule has 0 aromatic heterocycles. The first-order valence-electron chi connectivity index (χ1n) is 4.48. The highest BCUT2D eigenvalue weighted by molar-refractivity contribution is 5.81. The fraction of sp³-hybridized carbons (Fsp3) is 0.250. The monoisotopic (exact) mass is 186 g/mol. The van der Waals surface area contributed by atoms with E-state index >= 15 is 0 Å². The Kier molecular flexibility index (Phi) is 4.30. The van der Waals surface area contributed by atoms with Crippen molar-refractivity contribution >= 4 is 6.21 Å². The highest BCUT2D eigenvalue weighted by atomic mass is 16.6. The van der Waals surface area contributed by atoms with Crippen LogP contribution in [0.5, 0.6) is 0 Å². The van der Waals surface area contributed by atoms with Crippen LogP contribution in [-0.4, -0.2) is 12.8 Å². The van der Waals surface area contributed by atoms with Gasteiger partial charge in [0, 0.05) is 5.56 Å². The van der Waals surface area contributed by atoms with E-state index in [0.717, 1.165) is 12.0 Å². The van der Waals surface area contributed by atoms with Gasteiger partial charge >= 0.3 is 0 Å². The van der Waals surface area contributed by atoms with Crippen LogP contribution in [0.25, 0.3) is 0 Å². The Balaban J connectivity index is 2.66. The van der Waals surface area contributed by atoms with Crippen LogP contribution < -0.4 is 0 Å². The molecule has 0 spiro atoms. The molecule has 0 amide bonds. The zero-order chi connectivity index (χ0) is 10.2. The van der Waals surface area contributed by atoms with Crippen molar-refractivity contribution in [3.63, 3.8) is 0 Å². The number of terminal acetylenes is 1. The molecule has 1 aromatic carbocycles. The van der Waals surface area contributed by atoms with Crippen molar-refractivity contribution in [2.24, 2.45) is 5.16 Å². The summed E-state index contributed by atoms with van der Waals surface area (Å²) < 4.78 is 0. The quantitative estimate of drug-likeness (QED) is 0.305. The molecule has 0 saturated heterocycles. The van der Waals surface area contributed by atoms with E-state index < -0.39 is 0 Å². The first-order chi connectivity index (χ1) is 6.88. The van der Waals surface area contributed by atoms with Crippen LogP contribution in [0.1, 0.15) is 18.1 Å². The summed E-state index contributed by atoms with van der Waals surface area (Å²) >= 11 is 0. The number of benzene rings is 1. The minimum Gasteiger partial charge on any atom is -0.382 e. The molecule has 0 fully saturated rings. The summed E-state index contributed by atoms with van der Waals surface area (Å²) in [4.78, 5) is 4.76. The molecule has 14 heavy (non-hydrogen) atoms. The molecule has 71 valence electrons. The van der Waals surface area contributed by atoms with Crippen molar-refractivity contribution < 1.29 is 4.84 Å². The van der Waals surface area contributed by atoms with Gasteiger partial charge in [0.15, 0.2) is 6.61 Å². The van der Waals surface area contributed by atoms with Crippen molar-refractivity contribution in [1.29, 1.82) is 0 Å². The van der Waals surface area contributed by atoms with E-state index in [4.69, 9.17) is 11.3 Å². The lowest BCUT2D eigenvalue weighted by Gasteiger charge is -1.99. The van der Waals surface area contributed by atoms with Crippen molar-refractivity contribution in [3.05, 3.63) is 35.4 Å². The van der Waals surface area contributed by atoms with Crippen LogP contribution in [0.3, 0.4) is 0 Å². The summed E-state index contributed by atoms with van der Waals surface area (Å²) in [5.74, 6) is 2.33. The number of rotatable bonds is 4. The summed E-state index contributed by atoms with van der Waals surface area (Å²) in [5, 5.41) is 3.65. The van der Waals surface area contributed by atoms with Crippen molar-refractivity contribution in [3.8, 4) is 12.3 Å². The molecule has 0 heterocycles. The summed E-state index contributed by atoms with van der Waals surface area (Å²) in [7, 11) is 0. The highest BCUT2D eigenvalue weighted by Gasteiger charge is 1.95. The molecular formula is C12H12NO. The van der Waals surface area contributed by atoms with Crippen LogP contribution >= 0.6 is 0 Å². The van der Waals surface area contributed by atoms with E-state index in [1.807, 2.05) is 24.3 Å². The van der Waals surface area contributed by atoms with Crippen LogP contribution in [0, 0.1) is 12.3 Å². The third-order valence-corrected chi connectivity index (χ3v) is 1.78. The number of hydrogen-bond acceptors (Lipinski definition) is 2. The molecule has 0 bridgehead atoms. The molecule has 0 aliphatic heterocycles. The van der Waals surface area contributed by atoms with Crippen molar-refractivity contribution in [2.75, 3.05) is 6.61 Å². The summed E-state index contributed by atoms with van der Waals surface area (Å²) in [6, 6.07) is 7.92. The van der Waals surface area contributed by atoms with E-state index in [1.165, 1.54) is 5.56 Å². The Hall–Kier alpha value is -1.75. The van der Waals surface area contributed by atoms with E-state index in [9.17, 15) is 0 Å². The number of hydrogen-bond donors (Lipinski definition) is 0. The van der Waals surface area contributed by atoms with E-state index in [1.54, 1.807) is 0 Å². The largest absolute Gasteiger partial charge is 0.382 e. The Labute approximate surface area is 84.6 Å². The lowest BCUT2D eigenvalue weighted by molar-refractivity contribution is 0.181. The molecule has 2 heteroatoms. The van der Waals surface area contributed by atoms with E-state index in [2.05, 4.69) is 24.2 Å². The maximum absolute atomic E-state index is 5.00. The fourth-order valence-corrected chi connectivity index (χ4v) is 1.09. The van der Waals surface area contributed by atoms with Crippen molar-refractivity contribution in [1.82, 2.24) is 0 Å². The average molecular weight is 186 g/mol. The first kappa shape index (κ1) is 10.3. The molecule has 0 saturated carbocycles. The predicted molar refractivity (Wildman–Crippen MR) is 57.1 cm³/mol. The average Bonchev–Trinajstić information content (AvgIpc) is 2.25. The zero-order valence-electron chi connectivity index (χ0n) is 8.16. The first-order valence-corrected chi connectivity index (χ1v) is 4.48. The van der Waals surface area contributed by atoms with Crippen molar-refractivity contribution in [2.45, 2.75) is 13.3 Å². The summed E-state index contributed by atoms with van der Waals surface area (Å²) in [6.07, 6.45) is 8.76. The van der Waals surface area contributed by atoms with Gasteiger partial charge in [0.25, 0.3) is 0 Å². The number of nitrogens with zero attached hydrogens (tertiary/aromatic N) is 1. The van der Waals surface area contributed by atoms with Gasteiger partial charge in [-0.3, -0.25) is 0 Å². The third kappa shape index (κ3) is 2.95. The van der Waals surface area contributed by atoms with Gasteiger partial charge in [-0.2, -0.15) is 0 Å². The molecule has 1 aromatic rings. The minimum atomic E-state index is 0.182. The van der Waals surface area contributed by atoms with Gasteiger partial charge < -0.3 is 4.84 Å². The van der Waals surface area contributed by atoms with Crippen LogP contribution in [0.4, 0.5) is 0 Å². The Bertz CT molecular complexity index is 350. The topological polar surface area (TPSA) is 21.6 Å². The summed E-state index contributed by atoms with van der Waals surface area (Å²) in [6.45, 7) is 2.27. The second-order valence-electron chi connectivity index (χ2n) is 2.69. The smallest absolute Gasteiger partial charge is 0.177 e. The van der Waals surface area contributed by atoms with Crippen LogP contribution in [0.2, 0.25) is 0 Å². The molecule has 0 aliphatic rings. The molecule has 2 nitrogen and oxygen atoms in total. The van der Waals surface area contributed by atoms with E-state index in [0.29, 0.717) is 0 Å². The fourth-order valence-electron chi connectivity index (χ4n) is 1.09.